The van der Waals surface area contributed by atoms with Crippen LogP contribution >= 0.6 is 0 Å². The third-order valence-corrected chi connectivity index (χ3v) is 2.88. The van der Waals surface area contributed by atoms with E-state index < -0.39 is 0 Å². The highest BCUT2D eigenvalue weighted by molar-refractivity contribution is 5.81. The quantitative estimate of drug-likeness (QED) is 0.669. The van der Waals surface area contributed by atoms with E-state index in [1.54, 1.807) is 11.9 Å². The molecule has 0 aromatic rings. The van der Waals surface area contributed by atoms with Crippen LogP contribution in [-0.2, 0) is 4.79 Å². The molecule has 4 nitrogen and oxygen atoms in total. The van der Waals surface area contributed by atoms with Crippen LogP contribution in [0.5, 0.6) is 0 Å². The van der Waals surface area contributed by atoms with Gasteiger partial charge in [-0.15, -0.1) is 0 Å². The number of carbonyl (C=O) groups is 1. The summed E-state index contributed by atoms with van der Waals surface area (Å²) < 4.78 is 0. The van der Waals surface area contributed by atoms with Crippen molar-refractivity contribution in [3.63, 3.8) is 0 Å². The van der Waals surface area contributed by atoms with Gasteiger partial charge in [0.15, 0.2) is 0 Å². The molecule has 1 atom stereocenters. The third kappa shape index (κ3) is 2.69. The summed E-state index contributed by atoms with van der Waals surface area (Å²) in [7, 11) is 1.78. The van der Waals surface area contributed by atoms with Crippen molar-refractivity contribution >= 4 is 5.91 Å². The molecule has 0 spiro atoms. The molecule has 1 rings (SSSR count). The Morgan fingerprint density at radius 3 is 2.64 bits per heavy atom. The normalized spacial score (nSPS) is 28.0. The molecule has 1 fully saturated rings. The summed E-state index contributed by atoms with van der Waals surface area (Å²) in [4.78, 5) is 13.3. The van der Waals surface area contributed by atoms with Gasteiger partial charge in [0.2, 0.25) is 5.91 Å². The van der Waals surface area contributed by atoms with Gasteiger partial charge in [-0.1, -0.05) is 6.92 Å². The number of hydrogen-bond donors (Lipinski definition) is 2. The highest BCUT2D eigenvalue weighted by Gasteiger charge is 2.29. The monoisotopic (exact) mass is 200 g/mol. The molecule has 3 N–H and O–H groups in total. The van der Waals surface area contributed by atoms with Crippen LogP contribution in [0.3, 0.4) is 0 Å². The minimum atomic E-state index is -0.370. The van der Waals surface area contributed by atoms with Gasteiger partial charge in [-0.3, -0.25) is 4.79 Å². The second kappa shape index (κ2) is 4.75. The van der Waals surface area contributed by atoms with Crippen molar-refractivity contribution in [1.29, 1.82) is 0 Å². The van der Waals surface area contributed by atoms with Gasteiger partial charge in [0, 0.05) is 13.6 Å². The molecule has 1 saturated carbocycles. The van der Waals surface area contributed by atoms with Crippen molar-refractivity contribution in [2.45, 2.75) is 38.3 Å². The van der Waals surface area contributed by atoms with Crippen molar-refractivity contribution in [1.82, 2.24) is 4.90 Å². The molecule has 0 aliphatic heterocycles. The Hall–Kier alpha value is -0.610. The first-order valence-electron chi connectivity index (χ1n) is 5.23. The number of amides is 1. The first-order valence-corrected chi connectivity index (χ1v) is 5.23. The first kappa shape index (κ1) is 11.5. The van der Waals surface area contributed by atoms with Crippen molar-refractivity contribution in [2.24, 2.45) is 11.7 Å². The zero-order chi connectivity index (χ0) is 10.7. The summed E-state index contributed by atoms with van der Waals surface area (Å²) in [5.74, 6) is 0.469. The molecule has 0 saturated heterocycles. The van der Waals surface area contributed by atoms with Gasteiger partial charge < -0.3 is 15.7 Å². The minimum absolute atomic E-state index is 0.00823. The van der Waals surface area contributed by atoms with E-state index in [9.17, 15) is 4.79 Å². The third-order valence-electron chi connectivity index (χ3n) is 2.88. The maximum atomic E-state index is 11.6. The molecule has 0 unspecified atom stereocenters. The Morgan fingerprint density at radius 1 is 1.64 bits per heavy atom. The predicted molar refractivity (Wildman–Crippen MR) is 54.6 cm³/mol. The molecule has 0 heterocycles. The fourth-order valence-electron chi connectivity index (χ4n) is 1.78. The summed E-state index contributed by atoms with van der Waals surface area (Å²) in [6, 6.07) is -0.370. The van der Waals surface area contributed by atoms with E-state index >= 15 is 0 Å². The maximum absolute atomic E-state index is 11.6. The van der Waals surface area contributed by atoms with Gasteiger partial charge in [-0.2, -0.15) is 0 Å². The number of nitrogens with zero attached hydrogens (tertiary/aromatic N) is 1. The lowest BCUT2D eigenvalue weighted by atomic mass is 9.82. The van der Waals surface area contributed by atoms with E-state index in [1.807, 2.05) is 6.92 Å². The molecule has 0 aromatic carbocycles. The summed E-state index contributed by atoms with van der Waals surface area (Å²) in [6.45, 7) is 2.63. The molecular weight excluding hydrogens is 180 g/mol. The molecule has 0 aromatic heterocycles. The van der Waals surface area contributed by atoms with Crippen molar-refractivity contribution in [3.8, 4) is 0 Å². The van der Waals surface area contributed by atoms with Crippen LogP contribution < -0.4 is 5.73 Å². The molecular formula is C10H20N2O2. The highest BCUT2D eigenvalue weighted by Crippen LogP contribution is 2.27. The average Bonchev–Trinajstić information content (AvgIpc) is 2.12. The lowest BCUT2D eigenvalue weighted by molar-refractivity contribution is -0.132. The van der Waals surface area contributed by atoms with E-state index in [2.05, 4.69) is 0 Å². The van der Waals surface area contributed by atoms with Gasteiger partial charge in [0.05, 0.1) is 12.1 Å². The Morgan fingerprint density at radius 2 is 2.21 bits per heavy atom. The summed E-state index contributed by atoms with van der Waals surface area (Å²) in [6.07, 6.45) is 2.16. The fourth-order valence-corrected chi connectivity index (χ4v) is 1.78. The van der Waals surface area contributed by atoms with E-state index in [0.29, 0.717) is 12.3 Å². The SMILES string of the molecule is CC[C@@H](N)C(=O)N(C)CC1CC(O)C1. The van der Waals surface area contributed by atoms with Gasteiger partial charge in [0.1, 0.15) is 0 Å². The topological polar surface area (TPSA) is 66.6 Å². The van der Waals surface area contributed by atoms with E-state index in [1.165, 1.54) is 0 Å². The second-order valence-electron chi connectivity index (χ2n) is 4.22. The van der Waals surface area contributed by atoms with Gasteiger partial charge >= 0.3 is 0 Å². The second-order valence-corrected chi connectivity index (χ2v) is 4.22. The smallest absolute Gasteiger partial charge is 0.239 e. The Balaban J connectivity index is 2.27. The lowest BCUT2D eigenvalue weighted by Gasteiger charge is -2.35. The number of likely N-dealkylation sites (N-methyl/N-ethyl adjacent to an activating group) is 1. The molecule has 1 aliphatic rings. The van der Waals surface area contributed by atoms with Crippen molar-refractivity contribution in [3.05, 3.63) is 0 Å². The number of carbonyl (C=O) groups excluding carboxylic acids is 1. The molecule has 14 heavy (non-hydrogen) atoms. The molecule has 4 heteroatoms. The first-order chi connectivity index (χ1) is 6.54. The van der Waals surface area contributed by atoms with E-state index in [0.717, 1.165) is 19.4 Å². The lowest BCUT2D eigenvalue weighted by Crippen LogP contribution is -2.45. The van der Waals surface area contributed by atoms with Crippen LogP contribution in [0.1, 0.15) is 26.2 Å². The van der Waals surface area contributed by atoms with Crippen LogP contribution in [0.15, 0.2) is 0 Å². The summed E-state index contributed by atoms with van der Waals surface area (Å²) in [5, 5.41) is 9.10. The van der Waals surface area contributed by atoms with Crippen LogP contribution in [-0.4, -0.2) is 41.7 Å². The highest BCUT2D eigenvalue weighted by atomic mass is 16.3. The predicted octanol–water partition coefficient (Wildman–Crippen LogP) is -0.0470. The summed E-state index contributed by atoms with van der Waals surface area (Å²) >= 11 is 0. The van der Waals surface area contributed by atoms with Crippen LogP contribution in [0.2, 0.25) is 0 Å². The number of aliphatic hydroxyl groups is 1. The standard InChI is InChI=1S/C10H20N2O2/c1-3-9(11)10(14)12(2)6-7-4-8(13)5-7/h7-9,13H,3-6,11H2,1-2H3/t7?,8?,9-/m1/s1. The number of nitrogens with two attached hydrogens (primary N) is 1. The maximum Gasteiger partial charge on any atom is 0.239 e. The Labute approximate surface area is 85.1 Å². The van der Waals surface area contributed by atoms with Crippen LogP contribution in [0.25, 0.3) is 0 Å². The average molecular weight is 200 g/mol. The largest absolute Gasteiger partial charge is 0.393 e. The van der Waals surface area contributed by atoms with Crippen molar-refractivity contribution < 1.29 is 9.90 Å². The van der Waals surface area contributed by atoms with E-state index in [4.69, 9.17) is 10.8 Å². The van der Waals surface area contributed by atoms with E-state index in [-0.39, 0.29) is 18.1 Å². The molecule has 82 valence electrons. The number of aliphatic hydroxyl groups excluding tert-OH is 1. The van der Waals surface area contributed by atoms with Crippen LogP contribution in [0.4, 0.5) is 0 Å². The molecule has 1 amide bonds. The molecule has 0 bridgehead atoms. The molecule has 1 aliphatic carbocycles. The number of rotatable bonds is 4. The summed E-state index contributed by atoms with van der Waals surface area (Å²) in [5.41, 5.74) is 5.64. The Bertz CT molecular complexity index is 202. The molecule has 0 radical (unpaired) electrons. The minimum Gasteiger partial charge on any atom is -0.393 e. The van der Waals surface area contributed by atoms with Crippen LogP contribution in [0, 0.1) is 5.92 Å². The zero-order valence-electron chi connectivity index (χ0n) is 8.94. The van der Waals surface area contributed by atoms with Gasteiger partial charge in [-0.25, -0.2) is 0 Å². The van der Waals surface area contributed by atoms with Gasteiger partial charge in [-0.05, 0) is 25.2 Å². The Kier molecular flexibility index (Phi) is 3.89. The zero-order valence-corrected chi connectivity index (χ0v) is 8.94. The van der Waals surface area contributed by atoms with Crippen molar-refractivity contribution in [2.75, 3.05) is 13.6 Å². The number of hydrogen-bond acceptors (Lipinski definition) is 3. The van der Waals surface area contributed by atoms with Gasteiger partial charge in [0.25, 0.3) is 0 Å². The fraction of sp³-hybridized carbons (Fsp3) is 0.900.